The molecule has 2 rings (SSSR count). The molecule has 2 aliphatic rings. The van der Waals surface area contributed by atoms with E-state index < -0.39 is 12.1 Å². The largest absolute Gasteiger partial charge is 0.513 e. The molecule has 0 spiro atoms. The van der Waals surface area contributed by atoms with Crippen LogP contribution in [0.3, 0.4) is 0 Å². The second-order valence-electron chi connectivity index (χ2n) is 6.60. The number of hydrogen-bond donors (Lipinski definition) is 3. The van der Waals surface area contributed by atoms with Crippen molar-refractivity contribution in [1.82, 2.24) is 5.48 Å². The predicted octanol–water partition coefficient (Wildman–Crippen LogP) is 4.06. The van der Waals surface area contributed by atoms with Gasteiger partial charge in [-0.3, -0.25) is 14.8 Å². The van der Waals surface area contributed by atoms with Crippen LogP contribution < -0.4 is 15.5 Å². The molecule has 0 saturated carbocycles. The Morgan fingerprint density at radius 1 is 1.17 bits per heavy atom. The first-order valence-electron chi connectivity index (χ1n) is 9.49. The lowest BCUT2D eigenvalue weighted by atomic mass is 10.00. The first kappa shape index (κ1) is 22.2. The zero-order chi connectivity index (χ0) is 21.6. The third kappa shape index (κ3) is 5.03. The zero-order valence-electron chi connectivity index (χ0n) is 17.0. The van der Waals surface area contributed by atoms with Gasteiger partial charge in [0.2, 0.25) is 5.91 Å². The summed E-state index contributed by atoms with van der Waals surface area (Å²) in [6, 6.07) is 4.78. The Morgan fingerprint density at radius 3 is 2.48 bits per heavy atom. The van der Waals surface area contributed by atoms with Gasteiger partial charge in [0.1, 0.15) is 0 Å². The molecule has 8 heteroatoms. The first-order chi connectivity index (χ1) is 13.8. The normalized spacial score (nSPS) is 10.5. The summed E-state index contributed by atoms with van der Waals surface area (Å²) >= 11 is 0. The monoisotopic (exact) mass is 402 g/mol. The second kappa shape index (κ2) is 9.88. The molecule has 0 saturated heterocycles. The fourth-order valence-electron chi connectivity index (χ4n) is 3.26. The molecule has 0 bridgehead atoms. The lowest BCUT2D eigenvalue weighted by Gasteiger charge is -2.09. The standard InChI is InChI=1S/C21H26N2O6/c1-5-7-8-15-17-12(3)11-14(20(25)23-27)9-10-16(17)19(18(15)22-13(4)24)29-21(26)28-6-2/h9-11,27H,5-8H2,1-4H3,(H,22,24)(H,23,25). The molecule has 2 amide bonds. The highest BCUT2D eigenvalue weighted by atomic mass is 16.7. The minimum atomic E-state index is -0.884. The third-order valence-electron chi connectivity index (χ3n) is 4.43. The maximum Gasteiger partial charge on any atom is 0.513 e. The summed E-state index contributed by atoms with van der Waals surface area (Å²) in [4.78, 5) is 35.8. The molecule has 156 valence electrons. The number of hydrogen-bond acceptors (Lipinski definition) is 6. The van der Waals surface area contributed by atoms with E-state index >= 15 is 0 Å². The summed E-state index contributed by atoms with van der Waals surface area (Å²) in [6.07, 6.45) is 1.54. The molecular weight excluding hydrogens is 376 g/mol. The fraction of sp³-hybridized carbons (Fsp3) is 0.381. The topological polar surface area (TPSA) is 114 Å². The van der Waals surface area contributed by atoms with Gasteiger partial charge < -0.3 is 14.8 Å². The van der Waals surface area contributed by atoms with E-state index in [1.807, 2.05) is 6.92 Å². The summed E-state index contributed by atoms with van der Waals surface area (Å²) < 4.78 is 10.4. The van der Waals surface area contributed by atoms with E-state index in [2.05, 4.69) is 12.2 Å². The maximum absolute atomic E-state index is 12.0. The van der Waals surface area contributed by atoms with Crippen LogP contribution in [-0.4, -0.2) is 29.8 Å². The van der Waals surface area contributed by atoms with Gasteiger partial charge in [0.15, 0.2) is 5.75 Å². The number of nitrogens with one attached hydrogen (secondary N) is 2. The summed E-state index contributed by atoms with van der Waals surface area (Å²) in [6.45, 7) is 7.05. The second-order valence-corrected chi connectivity index (χ2v) is 6.60. The first-order valence-corrected chi connectivity index (χ1v) is 9.49. The van der Waals surface area contributed by atoms with E-state index in [0.717, 1.165) is 29.5 Å². The number of aryl methyl sites for hydroxylation is 1. The Kier molecular flexibility index (Phi) is 7.55. The zero-order valence-corrected chi connectivity index (χ0v) is 17.0. The number of carbonyl (C=O) groups excluding carboxylic acids is 3. The smallest absolute Gasteiger partial charge is 0.434 e. The molecule has 0 aromatic heterocycles. The molecule has 0 fully saturated rings. The van der Waals surface area contributed by atoms with E-state index in [1.165, 1.54) is 13.0 Å². The molecule has 0 atom stereocenters. The van der Waals surface area contributed by atoms with Gasteiger partial charge in [-0.05, 0) is 61.6 Å². The molecule has 0 unspecified atom stereocenters. The minimum Gasteiger partial charge on any atom is -0.434 e. The van der Waals surface area contributed by atoms with Crippen LogP contribution in [0.25, 0.3) is 11.1 Å². The maximum atomic E-state index is 12.0. The van der Waals surface area contributed by atoms with E-state index in [-0.39, 0.29) is 23.8 Å². The van der Waals surface area contributed by atoms with Gasteiger partial charge in [-0.2, -0.15) is 0 Å². The summed E-state index contributed by atoms with van der Waals surface area (Å²) in [5, 5.41) is 11.7. The van der Waals surface area contributed by atoms with Gasteiger partial charge in [-0.1, -0.05) is 13.3 Å². The van der Waals surface area contributed by atoms with Crippen LogP contribution in [-0.2, 0) is 16.0 Å². The fourth-order valence-corrected chi connectivity index (χ4v) is 3.26. The Morgan fingerprint density at radius 2 is 1.90 bits per heavy atom. The average molecular weight is 402 g/mol. The Hall–Kier alpha value is -3.13. The van der Waals surface area contributed by atoms with Crippen LogP contribution in [0.1, 0.15) is 55.1 Å². The summed E-state index contributed by atoms with van der Waals surface area (Å²) in [5.74, 6) is -0.778. The van der Waals surface area contributed by atoms with Gasteiger partial charge in [-0.25, -0.2) is 10.3 Å². The molecule has 0 aromatic carbocycles. The third-order valence-corrected chi connectivity index (χ3v) is 4.43. The summed E-state index contributed by atoms with van der Waals surface area (Å²) in [5.41, 5.74) is 5.18. The van der Waals surface area contributed by atoms with Crippen molar-refractivity contribution in [1.29, 1.82) is 0 Å². The van der Waals surface area contributed by atoms with Gasteiger partial charge in [0.25, 0.3) is 5.91 Å². The quantitative estimate of drug-likeness (QED) is 0.366. The summed E-state index contributed by atoms with van der Waals surface area (Å²) in [7, 11) is 0. The van der Waals surface area contributed by atoms with Crippen molar-refractivity contribution in [3.63, 3.8) is 0 Å². The number of rotatable bonds is 7. The number of hydroxylamine groups is 1. The number of ether oxygens (including phenoxy) is 2. The molecular formula is C21H26N2O6. The SMILES string of the molecule is CCCCc1c(NC(C)=O)c(OC(=O)OCC)c2ccc(C(=O)NO)cc(C)c1-2. The molecule has 0 heterocycles. The van der Waals surface area contributed by atoms with E-state index in [9.17, 15) is 14.4 Å². The van der Waals surface area contributed by atoms with Crippen molar-refractivity contribution < 1.29 is 29.1 Å². The highest BCUT2D eigenvalue weighted by Gasteiger charge is 2.28. The lowest BCUT2D eigenvalue weighted by molar-refractivity contribution is -0.114. The van der Waals surface area contributed by atoms with E-state index in [4.69, 9.17) is 14.7 Å². The van der Waals surface area contributed by atoms with Gasteiger partial charge in [0, 0.05) is 18.1 Å². The number of unbranched alkanes of at least 4 members (excludes halogenated alkanes) is 1. The molecule has 3 N–H and O–H groups in total. The van der Waals surface area contributed by atoms with Crippen molar-refractivity contribution in [3.8, 4) is 16.9 Å². The molecule has 0 aromatic rings. The number of fused-ring (bicyclic) bond motifs is 1. The Labute approximate surface area is 169 Å². The van der Waals surface area contributed by atoms with Crippen LogP contribution >= 0.6 is 0 Å². The van der Waals surface area contributed by atoms with Crippen LogP contribution in [0.4, 0.5) is 10.5 Å². The van der Waals surface area contributed by atoms with Crippen molar-refractivity contribution >= 4 is 23.7 Å². The lowest BCUT2D eigenvalue weighted by Crippen LogP contribution is -2.18. The predicted molar refractivity (Wildman–Crippen MR) is 108 cm³/mol. The number of carbonyl (C=O) groups is 3. The number of amides is 2. The number of anilines is 1. The van der Waals surface area contributed by atoms with Crippen LogP contribution in [0.15, 0.2) is 18.2 Å². The van der Waals surface area contributed by atoms with Crippen molar-refractivity contribution in [3.05, 3.63) is 34.9 Å². The molecule has 0 radical (unpaired) electrons. The van der Waals surface area contributed by atoms with Crippen molar-refractivity contribution in [2.45, 2.75) is 47.0 Å². The molecule has 2 aliphatic carbocycles. The van der Waals surface area contributed by atoms with Crippen molar-refractivity contribution in [2.24, 2.45) is 0 Å². The van der Waals surface area contributed by atoms with E-state index in [0.29, 0.717) is 17.7 Å². The minimum absolute atomic E-state index is 0.142. The van der Waals surface area contributed by atoms with Crippen LogP contribution in [0.5, 0.6) is 5.75 Å². The van der Waals surface area contributed by atoms with E-state index in [1.54, 1.807) is 24.5 Å². The van der Waals surface area contributed by atoms with Gasteiger partial charge >= 0.3 is 6.16 Å². The van der Waals surface area contributed by atoms with Crippen LogP contribution in [0, 0.1) is 6.92 Å². The van der Waals surface area contributed by atoms with Crippen molar-refractivity contribution in [2.75, 3.05) is 11.9 Å². The van der Waals surface area contributed by atoms with Gasteiger partial charge in [0.05, 0.1) is 12.3 Å². The van der Waals surface area contributed by atoms with Crippen LogP contribution in [0.2, 0.25) is 0 Å². The Balaban J connectivity index is 2.79. The molecule has 0 aliphatic heterocycles. The average Bonchev–Trinajstić information content (AvgIpc) is 2.82. The van der Waals surface area contributed by atoms with Gasteiger partial charge in [-0.15, -0.1) is 0 Å². The highest BCUT2D eigenvalue weighted by molar-refractivity contribution is 6.01. The highest BCUT2D eigenvalue weighted by Crippen LogP contribution is 2.48. The Bertz CT molecular complexity index is 893. The molecule has 8 nitrogen and oxygen atoms in total. The molecule has 29 heavy (non-hydrogen) atoms.